The summed E-state index contributed by atoms with van der Waals surface area (Å²) in [6.07, 6.45) is 3.07. The van der Waals surface area contributed by atoms with Crippen molar-refractivity contribution in [3.8, 4) is 11.6 Å². The maximum Gasteiger partial charge on any atom is 0.248 e. The number of aromatic nitrogens is 2. The summed E-state index contributed by atoms with van der Waals surface area (Å²) < 4.78 is 5.70. The van der Waals surface area contributed by atoms with Crippen molar-refractivity contribution in [3.63, 3.8) is 0 Å². The van der Waals surface area contributed by atoms with E-state index in [1.807, 2.05) is 24.3 Å². The van der Waals surface area contributed by atoms with Gasteiger partial charge in [0.2, 0.25) is 5.88 Å². The number of nitrogens with two attached hydrogens (primary N) is 1. The van der Waals surface area contributed by atoms with Crippen LogP contribution < -0.4 is 10.5 Å². The van der Waals surface area contributed by atoms with Crippen molar-refractivity contribution in [2.75, 3.05) is 0 Å². The van der Waals surface area contributed by atoms with Crippen molar-refractivity contribution in [3.05, 3.63) is 47.9 Å². The smallest absolute Gasteiger partial charge is 0.248 e. The predicted molar refractivity (Wildman–Crippen MR) is 83.1 cm³/mol. The van der Waals surface area contributed by atoms with E-state index in [4.69, 9.17) is 22.7 Å². The zero-order valence-electron chi connectivity index (χ0n) is 11.8. The highest BCUT2D eigenvalue weighted by Crippen LogP contribution is 2.26. The lowest BCUT2D eigenvalue weighted by atomic mass is 9.87. The molecule has 0 atom stereocenters. The summed E-state index contributed by atoms with van der Waals surface area (Å²) in [5.74, 6) is 1.000. The van der Waals surface area contributed by atoms with Gasteiger partial charge in [-0.1, -0.05) is 45.1 Å². The van der Waals surface area contributed by atoms with Gasteiger partial charge in [-0.05, 0) is 23.1 Å². The molecule has 4 nitrogen and oxygen atoms in total. The topological polar surface area (TPSA) is 61.0 Å². The van der Waals surface area contributed by atoms with Crippen LogP contribution >= 0.6 is 12.2 Å². The van der Waals surface area contributed by atoms with Crippen LogP contribution in [0.5, 0.6) is 11.6 Å². The van der Waals surface area contributed by atoms with Gasteiger partial charge in [0.25, 0.3) is 0 Å². The van der Waals surface area contributed by atoms with Crippen LogP contribution in [0.3, 0.4) is 0 Å². The van der Waals surface area contributed by atoms with Gasteiger partial charge in [-0.15, -0.1) is 0 Å². The fraction of sp³-hybridized carbons (Fsp3) is 0.267. The molecule has 0 fully saturated rings. The molecular weight excluding hydrogens is 270 g/mol. The van der Waals surface area contributed by atoms with Gasteiger partial charge in [0, 0.05) is 12.4 Å². The summed E-state index contributed by atoms with van der Waals surface area (Å²) in [5.41, 5.74) is 7.33. The number of rotatable bonds is 3. The first kappa shape index (κ1) is 14.4. The van der Waals surface area contributed by atoms with Gasteiger partial charge >= 0.3 is 0 Å². The molecule has 0 spiro atoms. The Morgan fingerprint density at radius 3 is 2.25 bits per heavy atom. The average Bonchev–Trinajstić information content (AvgIpc) is 2.38. The molecule has 1 aromatic heterocycles. The van der Waals surface area contributed by atoms with Crippen molar-refractivity contribution >= 4 is 17.2 Å². The van der Waals surface area contributed by atoms with Crippen LogP contribution in [0.1, 0.15) is 32.0 Å². The number of hydrogen-bond donors (Lipinski definition) is 1. The van der Waals surface area contributed by atoms with Gasteiger partial charge in [-0.3, -0.25) is 0 Å². The van der Waals surface area contributed by atoms with E-state index in [0.29, 0.717) is 17.3 Å². The Bertz CT molecular complexity index is 618. The van der Waals surface area contributed by atoms with Crippen LogP contribution in [-0.4, -0.2) is 15.0 Å². The summed E-state index contributed by atoms with van der Waals surface area (Å²) in [6.45, 7) is 6.49. The summed E-state index contributed by atoms with van der Waals surface area (Å²) >= 11 is 4.93. The zero-order valence-corrected chi connectivity index (χ0v) is 12.6. The summed E-state index contributed by atoms with van der Waals surface area (Å²) in [5, 5.41) is 0. The molecule has 0 bridgehead atoms. The highest BCUT2D eigenvalue weighted by molar-refractivity contribution is 7.80. The van der Waals surface area contributed by atoms with Crippen LogP contribution in [0.4, 0.5) is 0 Å². The van der Waals surface area contributed by atoms with E-state index in [9.17, 15) is 0 Å². The van der Waals surface area contributed by atoms with Crippen molar-refractivity contribution in [2.45, 2.75) is 26.2 Å². The Morgan fingerprint density at radius 2 is 1.70 bits per heavy atom. The van der Waals surface area contributed by atoms with E-state index in [2.05, 4.69) is 30.7 Å². The number of thiocarbonyl (C=S) groups is 1. The third kappa shape index (κ3) is 3.30. The molecule has 0 saturated heterocycles. The lowest BCUT2D eigenvalue weighted by Crippen LogP contribution is -2.13. The van der Waals surface area contributed by atoms with E-state index in [1.54, 1.807) is 6.20 Å². The van der Waals surface area contributed by atoms with Gasteiger partial charge in [-0.2, -0.15) is 0 Å². The molecule has 0 amide bonds. The Morgan fingerprint density at radius 1 is 1.10 bits per heavy atom. The molecular formula is C15H17N3OS. The van der Waals surface area contributed by atoms with Crippen LogP contribution in [0.15, 0.2) is 36.7 Å². The highest BCUT2D eigenvalue weighted by Gasteiger charge is 2.14. The van der Waals surface area contributed by atoms with Gasteiger partial charge < -0.3 is 10.5 Å². The minimum atomic E-state index is 0.106. The average molecular weight is 287 g/mol. The van der Waals surface area contributed by atoms with E-state index in [1.165, 1.54) is 11.8 Å². The normalized spacial score (nSPS) is 11.2. The molecule has 0 aliphatic carbocycles. The fourth-order valence-electron chi connectivity index (χ4n) is 1.70. The molecule has 0 aliphatic heterocycles. The van der Waals surface area contributed by atoms with Gasteiger partial charge in [0.1, 0.15) is 10.7 Å². The first-order valence-electron chi connectivity index (χ1n) is 6.27. The highest BCUT2D eigenvalue weighted by atomic mass is 32.1. The van der Waals surface area contributed by atoms with E-state index >= 15 is 0 Å². The molecule has 20 heavy (non-hydrogen) atoms. The Labute approximate surface area is 124 Å². The maximum atomic E-state index is 5.70. The van der Waals surface area contributed by atoms with Crippen LogP contribution in [0, 0.1) is 0 Å². The Hall–Kier alpha value is -2.01. The molecule has 1 aromatic carbocycles. The van der Waals surface area contributed by atoms with Gasteiger partial charge in [-0.25, -0.2) is 9.97 Å². The largest absolute Gasteiger partial charge is 0.437 e. The van der Waals surface area contributed by atoms with Crippen molar-refractivity contribution in [2.24, 2.45) is 5.73 Å². The number of nitrogens with zero attached hydrogens (tertiary/aromatic N) is 2. The Balaban J connectivity index is 2.25. The minimum Gasteiger partial charge on any atom is -0.437 e. The summed E-state index contributed by atoms with van der Waals surface area (Å²) in [7, 11) is 0. The lowest BCUT2D eigenvalue weighted by Gasteiger charge is -2.19. The third-order valence-corrected chi connectivity index (χ3v) is 3.03. The second-order valence-corrected chi connectivity index (χ2v) is 5.89. The van der Waals surface area contributed by atoms with Crippen LogP contribution in [-0.2, 0) is 5.41 Å². The predicted octanol–water partition coefficient (Wildman–Crippen LogP) is 3.20. The molecule has 5 heteroatoms. The van der Waals surface area contributed by atoms with Crippen molar-refractivity contribution in [1.82, 2.24) is 9.97 Å². The molecule has 2 N–H and O–H groups in total. The van der Waals surface area contributed by atoms with Gasteiger partial charge in [0.15, 0.2) is 5.69 Å². The minimum absolute atomic E-state index is 0.106. The first-order chi connectivity index (χ1) is 9.38. The zero-order chi connectivity index (χ0) is 14.8. The fourth-order valence-corrected chi connectivity index (χ4v) is 1.84. The molecule has 2 aromatic rings. The standard InChI is InChI=1S/C15H17N3OS/c1-15(2,3)10-4-6-11(7-5-10)19-14-12(13(16)20)17-8-9-18-14/h4-9H,1-3H3,(H2,16,20). The van der Waals surface area contributed by atoms with Gasteiger partial charge in [0.05, 0.1) is 0 Å². The number of hydrogen-bond acceptors (Lipinski definition) is 4. The van der Waals surface area contributed by atoms with Crippen molar-refractivity contribution < 1.29 is 4.74 Å². The summed E-state index contributed by atoms with van der Waals surface area (Å²) in [4.78, 5) is 8.36. The molecule has 2 rings (SSSR count). The summed E-state index contributed by atoms with van der Waals surface area (Å²) in [6, 6.07) is 7.87. The molecule has 0 unspecified atom stereocenters. The second kappa shape index (κ2) is 5.54. The third-order valence-electron chi connectivity index (χ3n) is 2.83. The quantitative estimate of drug-likeness (QED) is 0.878. The number of ether oxygens (including phenoxy) is 1. The maximum absolute atomic E-state index is 5.70. The van der Waals surface area contributed by atoms with Crippen LogP contribution in [0.2, 0.25) is 0 Å². The van der Waals surface area contributed by atoms with E-state index in [0.717, 1.165) is 0 Å². The first-order valence-corrected chi connectivity index (χ1v) is 6.68. The Kier molecular flexibility index (Phi) is 3.99. The van der Waals surface area contributed by atoms with E-state index in [-0.39, 0.29) is 10.4 Å². The monoisotopic (exact) mass is 287 g/mol. The molecule has 1 heterocycles. The molecule has 104 valence electrons. The molecule has 0 aliphatic rings. The van der Waals surface area contributed by atoms with E-state index < -0.39 is 0 Å². The SMILES string of the molecule is CC(C)(C)c1ccc(Oc2nccnc2C(N)=S)cc1. The number of benzene rings is 1. The van der Waals surface area contributed by atoms with Crippen molar-refractivity contribution in [1.29, 1.82) is 0 Å². The second-order valence-electron chi connectivity index (χ2n) is 5.45. The van der Waals surface area contributed by atoms with Crippen LogP contribution in [0.25, 0.3) is 0 Å². The lowest BCUT2D eigenvalue weighted by molar-refractivity contribution is 0.458. The molecule has 0 radical (unpaired) electrons. The molecule has 0 saturated carbocycles.